The third-order valence-corrected chi connectivity index (χ3v) is 3.47. The van der Waals surface area contributed by atoms with E-state index in [0.717, 1.165) is 31.4 Å². The molecule has 1 aromatic rings. The van der Waals surface area contributed by atoms with Crippen molar-refractivity contribution in [2.75, 3.05) is 20.2 Å². The van der Waals surface area contributed by atoms with Crippen molar-refractivity contribution in [3.63, 3.8) is 0 Å². The molecule has 0 saturated carbocycles. The second kappa shape index (κ2) is 7.14. The molecule has 1 fully saturated rings. The summed E-state index contributed by atoms with van der Waals surface area (Å²) >= 11 is 0. The van der Waals surface area contributed by atoms with Gasteiger partial charge in [0, 0.05) is 20.2 Å². The first-order valence-electron chi connectivity index (χ1n) is 6.78. The Bertz CT molecular complexity index is 394. The van der Waals surface area contributed by atoms with Crippen LogP contribution in [0.25, 0.3) is 0 Å². The normalized spacial score (nSPS) is 19.8. The van der Waals surface area contributed by atoms with E-state index < -0.39 is 0 Å². The fourth-order valence-corrected chi connectivity index (χ4v) is 2.29. The minimum absolute atomic E-state index is 0.222. The molecule has 1 heterocycles. The van der Waals surface area contributed by atoms with Gasteiger partial charge in [0.15, 0.2) is 0 Å². The van der Waals surface area contributed by atoms with Gasteiger partial charge in [0.25, 0.3) is 0 Å². The molecule has 0 N–H and O–H groups in total. The van der Waals surface area contributed by atoms with Crippen molar-refractivity contribution in [3.05, 3.63) is 35.9 Å². The van der Waals surface area contributed by atoms with E-state index in [-0.39, 0.29) is 12.2 Å². The van der Waals surface area contributed by atoms with Crippen LogP contribution < -0.4 is 0 Å². The van der Waals surface area contributed by atoms with Crippen molar-refractivity contribution in [1.29, 1.82) is 0 Å². The number of hydrogen-bond donors (Lipinski definition) is 0. The van der Waals surface area contributed by atoms with Crippen molar-refractivity contribution in [2.24, 2.45) is 0 Å². The van der Waals surface area contributed by atoms with E-state index in [0.29, 0.717) is 13.2 Å². The molecule has 0 spiro atoms. The zero-order chi connectivity index (χ0) is 13.5. The van der Waals surface area contributed by atoms with Crippen LogP contribution in [0.5, 0.6) is 0 Å². The van der Waals surface area contributed by atoms with Gasteiger partial charge in [-0.25, -0.2) is 4.79 Å². The molecule has 4 heteroatoms. The van der Waals surface area contributed by atoms with Crippen LogP contribution in [-0.4, -0.2) is 37.3 Å². The third kappa shape index (κ3) is 4.24. The summed E-state index contributed by atoms with van der Waals surface area (Å²) in [5, 5.41) is 0. The zero-order valence-corrected chi connectivity index (χ0v) is 11.4. The number of ether oxygens (including phenoxy) is 2. The molecule has 19 heavy (non-hydrogen) atoms. The Labute approximate surface area is 114 Å². The maximum Gasteiger partial charge on any atom is 0.410 e. The highest BCUT2D eigenvalue weighted by Crippen LogP contribution is 2.14. The molecule has 1 aliphatic heterocycles. The lowest BCUT2D eigenvalue weighted by molar-refractivity contribution is 0.0819. The summed E-state index contributed by atoms with van der Waals surface area (Å²) in [6.45, 7) is 1.81. The van der Waals surface area contributed by atoms with Gasteiger partial charge in [0.2, 0.25) is 0 Å². The van der Waals surface area contributed by atoms with Gasteiger partial charge in [-0.15, -0.1) is 0 Å². The predicted molar refractivity (Wildman–Crippen MR) is 72.8 cm³/mol. The monoisotopic (exact) mass is 263 g/mol. The minimum Gasteiger partial charge on any atom is -0.445 e. The number of likely N-dealkylation sites (tertiary alicyclic amines) is 1. The summed E-state index contributed by atoms with van der Waals surface area (Å²) < 4.78 is 10.7. The fraction of sp³-hybridized carbons (Fsp3) is 0.533. The maximum absolute atomic E-state index is 12.0. The Hall–Kier alpha value is -1.55. The van der Waals surface area contributed by atoms with Crippen molar-refractivity contribution in [2.45, 2.75) is 32.0 Å². The minimum atomic E-state index is -0.222. The van der Waals surface area contributed by atoms with Crippen molar-refractivity contribution in [3.8, 4) is 0 Å². The Morgan fingerprint density at radius 3 is 2.79 bits per heavy atom. The molecule has 1 aromatic carbocycles. The first-order chi connectivity index (χ1) is 9.29. The number of amides is 1. The van der Waals surface area contributed by atoms with E-state index in [1.54, 1.807) is 12.0 Å². The predicted octanol–water partition coefficient (Wildman–Crippen LogP) is 2.82. The van der Waals surface area contributed by atoms with Crippen LogP contribution in [0.3, 0.4) is 0 Å². The van der Waals surface area contributed by atoms with Crippen LogP contribution in [0.4, 0.5) is 4.79 Å². The summed E-state index contributed by atoms with van der Waals surface area (Å²) in [5.74, 6) is 0. The summed E-state index contributed by atoms with van der Waals surface area (Å²) in [7, 11) is 1.73. The van der Waals surface area contributed by atoms with Crippen LogP contribution >= 0.6 is 0 Å². The first-order valence-corrected chi connectivity index (χ1v) is 6.78. The smallest absolute Gasteiger partial charge is 0.410 e. The average molecular weight is 263 g/mol. The molecule has 1 aliphatic rings. The van der Waals surface area contributed by atoms with Gasteiger partial charge in [0.1, 0.15) is 6.61 Å². The number of carbonyl (C=O) groups is 1. The van der Waals surface area contributed by atoms with Gasteiger partial charge in [-0.05, 0) is 24.8 Å². The van der Waals surface area contributed by atoms with Gasteiger partial charge < -0.3 is 14.4 Å². The number of benzene rings is 1. The van der Waals surface area contributed by atoms with Crippen molar-refractivity contribution >= 4 is 6.09 Å². The van der Waals surface area contributed by atoms with Crippen LogP contribution in [-0.2, 0) is 16.1 Å². The van der Waals surface area contributed by atoms with Crippen molar-refractivity contribution < 1.29 is 14.3 Å². The summed E-state index contributed by atoms with van der Waals surface area (Å²) in [5.41, 5.74) is 1.01. The van der Waals surface area contributed by atoms with Crippen LogP contribution in [0, 0.1) is 0 Å². The highest BCUT2D eigenvalue weighted by atomic mass is 16.6. The van der Waals surface area contributed by atoms with Gasteiger partial charge in [0.05, 0.1) is 6.10 Å². The molecule has 0 aromatic heterocycles. The van der Waals surface area contributed by atoms with Crippen molar-refractivity contribution in [1.82, 2.24) is 4.90 Å². The summed E-state index contributed by atoms with van der Waals surface area (Å²) in [4.78, 5) is 13.8. The number of carbonyl (C=O) groups excluding carboxylic acids is 1. The first kappa shape index (κ1) is 13.9. The molecule has 0 bridgehead atoms. The zero-order valence-electron chi connectivity index (χ0n) is 11.4. The Morgan fingerprint density at radius 1 is 1.26 bits per heavy atom. The second-order valence-corrected chi connectivity index (χ2v) is 4.82. The Balaban J connectivity index is 1.79. The number of rotatable bonds is 3. The third-order valence-electron chi connectivity index (χ3n) is 3.47. The number of nitrogens with zero attached hydrogens (tertiary/aromatic N) is 1. The van der Waals surface area contributed by atoms with Crippen LogP contribution in [0.2, 0.25) is 0 Å². The molecule has 0 radical (unpaired) electrons. The molecule has 1 saturated heterocycles. The summed E-state index contributed by atoms with van der Waals surface area (Å²) in [6, 6.07) is 9.74. The second-order valence-electron chi connectivity index (χ2n) is 4.82. The Morgan fingerprint density at radius 2 is 2.05 bits per heavy atom. The lowest BCUT2D eigenvalue weighted by atomic mass is 10.2. The van der Waals surface area contributed by atoms with E-state index in [4.69, 9.17) is 9.47 Å². The highest BCUT2D eigenvalue weighted by molar-refractivity contribution is 5.67. The van der Waals surface area contributed by atoms with E-state index in [2.05, 4.69) is 0 Å². The van der Waals surface area contributed by atoms with E-state index in [9.17, 15) is 4.79 Å². The average Bonchev–Trinajstić information content (AvgIpc) is 2.71. The van der Waals surface area contributed by atoms with E-state index >= 15 is 0 Å². The number of methoxy groups -OCH3 is 1. The highest BCUT2D eigenvalue weighted by Gasteiger charge is 2.21. The quantitative estimate of drug-likeness (QED) is 0.841. The molecule has 0 aliphatic carbocycles. The standard InChI is InChI=1S/C15H21NO3/c1-18-14-8-5-10-16(11-9-14)15(17)19-12-13-6-3-2-4-7-13/h2-4,6-7,14H,5,8-12H2,1H3. The maximum atomic E-state index is 12.0. The van der Waals surface area contributed by atoms with Gasteiger partial charge >= 0.3 is 6.09 Å². The summed E-state index contributed by atoms with van der Waals surface area (Å²) in [6.07, 6.45) is 2.92. The van der Waals surface area contributed by atoms with Crippen LogP contribution in [0.1, 0.15) is 24.8 Å². The lowest BCUT2D eigenvalue weighted by Gasteiger charge is -2.20. The molecule has 4 nitrogen and oxygen atoms in total. The van der Waals surface area contributed by atoms with Gasteiger partial charge in [-0.1, -0.05) is 30.3 Å². The molecule has 1 atom stereocenters. The molecule has 1 unspecified atom stereocenters. The van der Waals surface area contributed by atoms with Crippen LogP contribution in [0.15, 0.2) is 30.3 Å². The number of hydrogen-bond acceptors (Lipinski definition) is 3. The van der Waals surface area contributed by atoms with E-state index in [1.807, 2.05) is 30.3 Å². The molecule has 2 rings (SSSR count). The van der Waals surface area contributed by atoms with E-state index in [1.165, 1.54) is 0 Å². The lowest BCUT2D eigenvalue weighted by Crippen LogP contribution is -2.32. The molecular formula is C15H21NO3. The van der Waals surface area contributed by atoms with Gasteiger partial charge in [-0.3, -0.25) is 0 Å². The van der Waals surface area contributed by atoms with Gasteiger partial charge in [-0.2, -0.15) is 0 Å². The molecule has 104 valence electrons. The molecular weight excluding hydrogens is 242 g/mol. The fourth-order valence-electron chi connectivity index (χ4n) is 2.29. The largest absolute Gasteiger partial charge is 0.445 e. The SMILES string of the molecule is COC1CCCN(C(=O)OCc2ccccc2)CC1. The topological polar surface area (TPSA) is 38.8 Å². The Kier molecular flexibility index (Phi) is 5.21. The molecule has 1 amide bonds.